The molecule has 1 saturated carbocycles. The molecule has 0 spiro atoms. The summed E-state index contributed by atoms with van der Waals surface area (Å²) in [7, 11) is 0. The van der Waals surface area contributed by atoms with E-state index in [1.165, 1.54) is 12.8 Å². The van der Waals surface area contributed by atoms with E-state index in [2.05, 4.69) is 0 Å². The first kappa shape index (κ1) is 12.1. The van der Waals surface area contributed by atoms with Crippen LogP contribution in [0.5, 0.6) is 0 Å². The molecule has 1 fully saturated rings. The number of nitrogens with two attached hydrogens (primary N) is 1. The third kappa shape index (κ3) is 3.07. The van der Waals surface area contributed by atoms with Crippen LogP contribution in [0.4, 0.5) is 0 Å². The Kier molecular flexibility index (Phi) is 4.15. The molecule has 1 aromatic rings. The SMILES string of the molecule is NCCc1ccccc1C(=O)OC1CCCC1. The van der Waals surface area contributed by atoms with E-state index in [-0.39, 0.29) is 12.1 Å². The second-order valence-corrected chi connectivity index (χ2v) is 4.51. The number of carbonyl (C=O) groups is 1. The molecule has 1 aliphatic rings. The van der Waals surface area contributed by atoms with Gasteiger partial charge in [-0.05, 0) is 50.3 Å². The largest absolute Gasteiger partial charge is 0.459 e. The topological polar surface area (TPSA) is 52.3 Å². The fourth-order valence-corrected chi connectivity index (χ4v) is 2.31. The van der Waals surface area contributed by atoms with Crippen molar-refractivity contribution in [3.05, 3.63) is 35.4 Å². The Hall–Kier alpha value is -1.35. The van der Waals surface area contributed by atoms with E-state index in [1.54, 1.807) is 0 Å². The standard InChI is InChI=1S/C14H19NO2/c15-10-9-11-5-1-4-8-13(11)14(16)17-12-6-2-3-7-12/h1,4-5,8,12H,2-3,6-7,9-10,15H2. The van der Waals surface area contributed by atoms with Crippen molar-refractivity contribution in [1.29, 1.82) is 0 Å². The van der Waals surface area contributed by atoms with Gasteiger partial charge in [-0.25, -0.2) is 4.79 Å². The number of esters is 1. The summed E-state index contributed by atoms with van der Waals surface area (Å²) in [5.41, 5.74) is 7.20. The predicted molar refractivity (Wildman–Crippen MR) is 66.9 cm³/mol. The Morgan fingerprint density at radius 1 is 1.29 bits per heavy atom. The van der Waals surface area contributed by atoms with Gasteiger partial charge < -0.3 is 10.5 Å². The van der Waals surface area contributed by atoms with Gasteiger partial charge in [0.25, 0.3) is 0 Å². The van der Waals surface area contributed by atoms with E-state index < -0.39 is 0 Å². The molecule has 3 nitrogen and oxygen atoms in total. The van der Waals surface area contributed by atoms with Gasteiger partial charge in [-0.2, -0.15) is 0 Å². The van der Waals surface area contributed by atoms with Gasteiger partial charge in [0.1, 0.15) is 6.10 Å². The Morgan fingerprint density at radius 2 is 2.00 bits per heavy atom. The highest BCUT2D eigenvalue weighted by molar-refractivity contribution is 5.91. The minimum Gasteiger partial charge on any atom is -0.459 e. The molecule has 0 aliphatic heterocycles. The Morgan fingerprint density at radius 3 is 2.71 bits per heavy atom. The van der Waals surface area contributed by atoms with Crippen molar-refractivity contribution >= 4 is 5.97 Å². The molecule has 92 valence electrons. The molecular formula is C14H19NO2. The average molecular weight is 233 g/mol. The molecule has 0 unspecified atom stereocenters. The number of hydrogen-bond acceptors (Lipinski definition) is 3. The highest BCUT2D eigenvalue weighted by atomic mass is 16.5. The molecular weight excluding hydrogens is 214 g/mol. The van der Waals surface area contributed by atoms with Crippen molar-refractivity contribution in [3.63, 3.8) is 0 Å². The van der Waals surface area contributed by atoms with Crippen LogP contribution in [0.3, 0.4) is 0 Å². The average Bonchev–Trinajstić information content (AvgIpc) is 2.83. The minimum absolute atomic E-state index is 0.119. The highest BCUT2D eigenvalue weighted by Gasteiger charge is 2.21. The molecule has 17 heavy (non-hydrogen) atoms. The van der Waals surface area contributed by atoms with Gasteiger partial charge in [-0.3, -0.25) is 0 Å². The van der Waals surface area contributed by atoms with Gasteiger partial charge in [-0.15, -0.1) is 0 Å². The Balaban J connectivity index is 2.06. The molecule has 0 heterocycles. The molecule has 3 heteroatoms. The number of rotatable bonds is 4. The molecule has 2 rings (SSSR count). The normalized spacial score (nSPS) is 16.1. The summed E-state index contributed by atoms with van der Waals surface area (Å²) in [5.74, 6) is -0.194. The van der Waals surface area contributed by atoms with Crippen molar-refractivity contribution in [2.45, 2.75) is 38.2 Å². The van der Waals surface area contributed by atoms with Gasteiger partial charge >= 0.3 is 5.97 Å². The van der Waals surface area contributed by atoms with Crippen molar-refractivity contribution < 1.29 is 9.53 Å². The Labute approximate surface area is 102 Å². The van der Waals surface area contributed by atoms with Crippen LogP contribution in [-0.4, -0.2) is 18.6 Å². The van der Waals surface area contributed by atoms with Gasteiger partial charge in [-0.1, -0.05) is 18.2 Å². The maximum absolute atomic E-state index is 12.0. The molecule has 1 aromatic carbocycles. The second kappa shape index (κ2) is 5.82. The lowest BCUT2D eigenvalue weighted by Crippen LogP contribution is -2.17. The molecule has 0 amide bonds. The van der Waals surface area contributed by atoms with E-state index >= 15 is 0 Å². The number of benzene rings is 1. The first-order valence-electron chi connectivity index (χ1n) is 6.30. The maximum Gasteiger partial charge on any atom is 0.338 e. The highest BCUT2D eigenvalue weighted by Crippen LogP contribution is 2.22. The van der Waals surface area contributed by atoms with E-state index in [0.29, 0.717) is 12.1 Å². The molecule has 0 aromatic heterocycles. The zero-order valence-corrected chi connectivity index (χ0v) is 10.0. The van der Waals surface area contributed by atoms with Gasteiger partial charge in [0.2, 0.25) is 0 Å². The summed E-state index contributed by atoms with van der Waals surface area (Å²) in [6, 6.07) is 7.56. The lowest BCUT2D eigenvalue weighted by Gasteiger charge is -2.13. The van der Waals surface area contributed by atoms with E-state index in [0.717, 1.165) is 24.8 Å². The van der Waals surface area contributed by atoms with Gasteiger partial charge in [0, 0.05) is 0 Å². The third-order valence-electron chi connectivity index (χ3n) is 3.23. The lowest BCUT2D eigenvalue weighted by molar-refractivity contribution is 0.0316. The summed E-state index contributed by atoms with van der Waals surface area (Å²) in [5, 5.41) is 0. The van der Waals surface area contributed by atoms with Crippen LogP contribution in [0.1, 0.15) is 41.6 Å². The van der Waals surface area contributed by atoms with E-state index in [1.807, 2.05) is 24.3 Å². The molecule has 0 saturated heterocycles. The van der Waals surface area contributed by atoms with Gasteiger partial charge in [0.15, 0.2) is 0 Å². The van der Waals surface area contributed by atoms with Crippen LogP contribution in [-0.2, 0) is 11.2 Å². The minimum atomic E-state index is -0.194. The monoisotopic (exact) mass is 233 g/mol. The van der Waals surface area contributed by atoms with Crippen molar-refractivity contribution in [2.75, 3.05) is 6.54 Å². The fourth-order valence-electron chi connectivity index (χ4n) is 2.31. The van der Waals surface area contributed by atoms with E-state index in [9.17, 15) is 4.79 Å². The van der Waals surface area contributed by atoms with Crippen LogP contribution in [0, 0.1) is 0 Å². The molecule has 2 N–H and O–H groups in total. The summed E-state index contributed by atoms with van der Waals surface area (Å²) in [6.07, 6.45) is 5.18. The summed E-state index contributed by atoms with van der Waals surface area (Å²) >= 11 is 0. The zero-order chi connectivity index (χ0) is 12.1. The van der Waals surface area contributed by atoms with Crippen molar-refractivity contribution in [3.8, 4) is 0 Å². The lowest BCUT2D eigenvalue weighted by atomic mass is 10.0. The molecule has 0 radical (unpaired) electrons. The zero-order valence-electron chi connectivity index (χ0n) is 10.0. The number of carbonyl (C=O) groups excluding carboxylic acids is 1. The summed E-state index contributed by atoms with van der Waals surface area (Å²) in [6.45, 7) is 0.549. The predicted octanol–water partition coefficient (Wildman–Crippen LogP) is 2.29. The number of hydrogen-bond donors (Lipinski definition) is 1. The first-order valence-corrected chi connectivity index (χ1v) is 6.30. The Bertz CT molecular complexity index is 384. The molecule has 0 atom stereocenters. The van der Waals surface area contributed by atoms with Gasteiger partial charge in [0.05, 0.1) is 5.56 Å². The maximum atomic E-state index is 12.0. The third-order valence-corrected chi connectivity index (χ3v) is 3.23. The van der Waals surface area contributed by atoms with Crippen LogP contribution in [0.15, 0.2) is 24.3 Å². The van der Waals surface area contributed by atoms with Crippen LogP contribution < -0.4 is 5.73 Å². The summed E-state index contributed by atoms with van der Waals surface area (Å²) in [4.78, 5) is 12.0. The van der Waals surface area contributed by atoms with Crippen LogP contribution in [0.25, 0.3) is 0 Å². The second-order valence-electron chi connectivity index (χ2n) is 4.51. The fraction of sp³-hybridized carbons (Fsp3) is 0.500. The quantitative estimate of drug-likeness (QED) is 0.812. The first-order chi connectivity index (χ1) is 8.31. The number of ether oxygens (including phenoxy) is 1. The van der Waals surface area contributed by atoms with Crippen molar-refractivity contribution in [1.82, 2.24) is 0 Å². The van der Waals surface area contributed by atoms with Crippen molar-refractivity contribution in [2.24, 2.45) is 5.73 Å². The van der Waals surface area contributed by atoms with E-state index in [4.69, 9.17) is 10.5 Å². The van der Waals surface area contributed by atoms with Crippen LogP contribution >= 0.6 is 0 Å². The molecule has 1 aliphatic carbocycles. The smallest absolute Gasteiger partial charge is 0.338 e. The molecule has 0 bridgehead atoms. The van der Waals surface area contributed by atoms with Crippen LogP contribution in [0.2, 0.25) is 0 Å². The summed E-state index contributed by atoms with van der Waals surface area (Å²) < 4.78 is 5.50.